The molecule has 1 fully saturated rings. The van der Waals surface area contributed by atoms with Crippen molar-refractivity contribution in [3.63, 3.8) is 0 Å². The zero-order chi connectivity index (χ0) is 16.4. The molecule has 0 spiro atoms. The van der Waals surface area contributed by atoms with Crippen LogP contribution in [0.3, 0.4) is 0 Å². The Balaban J connectivity index is 1.71. The van der Waals surface area contributed by atoms with Gasteiger partial charge in [0.05, 0.1) is 0 Å². The van der Waals surface area contributed by atoms with Crippen molar-refractivity contribution in [3.05, 3.63) is 35.6 Å². The molecule has 1 saturated heterocycles. The molecule has 2 heterocycles. The second kappa shape index (κ2) is 6.48. The number of carbonyl (C=O) groups is 2. The van der Waals surface area contributed by atoms with E-state index in [0.717, 1.165) is 18.4 Å². The second-order valence-electron chi connectivity index (χ2n) is 6.09. The van der Waals surface area contributed by atoms with E-state index < -0.39 is 0 Å². The van der Waals surface area contributed by atoms with Gasteiger partial charge in [0, 0.05) is 32.5 Å². The molecular formula is C17H20FN3O2. The maximum absolute atomic E-state index is 13.0. The number of hydrazone groups is 1. The number of halogens is 1. The fraction of sp³-hybridized carbons (Fsp3) is 0.471. The molecule has 0 unspecified atom stereocenters. The van der Waals surface area contributed by atoms with Crippen LogP contribution in [0.25, 0.3) is 0 Å². The largest absolute Gasteiger partial charge is 0.334 e. The standard InChI is InChI=1S/C17H20FN3O2/c1-20-16(22)9-8-15(19-20)17(23)21-10-2-3-14(21)11-12-4-6-13(18)7-5-12/h4-7,14H,2-3,8-11H2,1H3/t14-/m1/s1. The number of hydrogen-bond acceptors (Lipinski definition) is 3. The highest BCUT2D eigenvalue weighted by atomic mass is 19.1. The third-order valence-corrected chi connectivity index (χ3v) is 4.48. The maximum Gasteiger partial charge on any atom is 0.270 e. The molecule has 122 valence electrons. The van der Waals surface area contributed by atoms with Gasteiger partial charge in [-0.05, 0) is 37.0 Å². The van der Waals surface area contributed by atoms with Gasteiger partial charge < -0.3 is 4.90 Å². The number of amides is 2. The lowest BCUT2D eigenvalue weighted by Crippen LogP contribution is -2.43. The van der Waals surface area contributed by atoms with Crippen LogP contribution >= 0.6 is 0 Å². The first-order chi connectivity index (χ1) is 11.0. The van der Waals surface area contributed by atoms with E-state index in [9.17, 15) is 14.0 Å². The summed E-state index contributed by atoms with van der Waals surface area (Å²) in [6.45, 7) is 0.710. The number of likely N-dealkylation sites (tertiary alicyclic amines) is 1. The lowest BCUT2D eigenvalue weighted by molar-refractivity contribution is -0.130. The lowest BCUT2D eigenvalue weighted by Gasteiger charge is -2.27. The summed E-state index contributed by atoms with van der Waals surface area (Å²) in [5.41, 5.74) is 1.48. The molecule has 0 aromatic heterocycles. The van der Waals surface area contributed by atoms with Crippen LogP contribution in [0.15, 0.2) is 29.4 Å². The van der Waals surface area contributed by atoms with E-state index in [-0.39, 0.29) is 23.7 Å². The lowest BCUT2D eigenvalue weighted by atomic mass is 10.0. The molecule has 2 aliphatic rings. The molecule has 1 atom stereocenters. The average Bonchev–Trinajstić information content (AvgIpc) is 2.99. The molecule has 0 N–H and O–H groups in total. The fourth-order valence-electron chi connectivity index (χ4n) is 3.20. The summed E-state index contributed by atoms with van der Waals surface area (Å²) in [6, 6.07) is 6.53. The Kier molecular flexibility index (Phi) is 4.41. The van der Waals surface area contributed by atoms with Crippen LogP contribution in [0.1, 0.15) is 31.2 Å². The number of benzene rings is 1. The van der Waals surface area contributed by atoms with Gasteiger partial charge in [0.1, 0.15) is 11.5 Å². The Hall–Kier alpha value is -2.24. The highest BCUT2D eigenvalue weighted by molar-refractivity contribution is 6.39. The quantitative estimate of drug-likeness (QED) is 0.856. The average molecular weight is 317 g/mol. The molecule has 1 aromatic carbocycles. The van der Waals surface area contributed by atoms with Crippen LogP contribution in [-0.4, -0.2) is 47.1 Å². The van der Waals surface area contributed by atoms with Crippen molar-refractivity contribution in [1.82, 2.24) is 9.91 Å². The Bertz CT molecular complexity index is 642. The minimum Gasteiger partial charge on any atom is -0.334 e. The Labute approximate surface area is 134 Å². The Morgan fingerprint density at radius 2 is 2.04 bits per heavy atom. The van der Waals surface area contributed by atoms with Crippen LogP contribution in [-0.2, 0) is 16.0 Å². The third-order valence-electron chi connectivity index (χ3n) is 4.48. The molecule has 0 radical (unpaired) electrons. The molecule has 2 amide bonds. The van der Waals surface area contributed by atoms with E-state index >= 15 is 0 Å². The fourth-order valence-corrected chi connectivity index (χ4v) is 3.20. The molecule has 0 bridgehead atoms. The van der Waals surface area contributed by atoms with E-state index in [4.69, 9.17) is 0 Å². The SMILES string of the molecule is CN1N=C(C(=O)N2CCC[C@@H]2Cc2ccc(F)cc2)CCC1=O. The summed E-state index contributed by atoms with van der Waals surface area (Å²) in [4.78, 5) is 26.0. The normalized spacial score (nSPS) is 21.6. The summed E-state index contributed by atoms with van der Waals surface area (Å²) in [5.74, 6) is -0.392. The van der Waals surface area contributed by atoms with Crippen molar-refractivity contribution in [2.24, 2.45) is 5.10 Å². The molecule has 0 saturated carbocycles. The van der Waals surface area contributed by atoms with E-state index in [1.165, 1.54) is 17.1 Å². The summed E-state index contributed by atoms with van der Waals surface area (Å²) >= 11 is 0. The van der Waals surface area contributed by atoms with Gasteiger partial charge in [-0.25, -0.2) is 9.40 Å². The van der Waals surface area contributed by atoms with Crippen LogP contribution in [0.5, 0.6) is 0 Å². The van der Waals surface area contributed by atoms with Crippen LogP contribution in [0, 0.1) is 5.82 Å². The molecule has 2 aliphatic heterocycles. The third kappa shape index (κ3) is 3.41. The highest BCUT2D eigenvalue weighted by Crippen LogP contribution is 2.23. The van der Waals surface area contributed by atoms with Crippen molar-refractivity contribution in [2.75, 3.05) is 13.6 Å². The summed E-state index contributed by atoms with van der Waals surface area (Å²) < 4.78 is 13.0. The summed E-state index contributed by atoms with van der Waals surface area (Å²) in [6.07, 6.45) is 3.35. The maximum atomic E-state index is 13.0. The Morgan fingerprint density at radius 1 is 1.30 bits per heavy atom. The first-order valence-corrected chi connectivity index (χ1v) is 7.94. The van der Waals surface area contributed by atoms with Gasteiger partial charge >= 0.3 is 0 Å². The molecule has 0 aliphatic carbocycles. The van der Waals surface area contributed by atoms with E-state index in [0.29, 0.717) is 31.5 Å². The number of nitrogens with zero attached hydrogens (tertiary/aromatic N) is 3. The second-order valence-corrected chi connectivity index (χ2v) is 6.09. The monoisotopic (exact) mass is 317 g/mol. The van der Waals surface area contributed by atoms with Gasteiger partial charge in [-0.2, -0.15) is 5.10 Å². The highest BCUT2D eigenvalue weighted by Gasteiger charge is 2.33. The first kappa shape index (κ1) is 15.6. The summed E-state index contributed by atoms with van der Waals surface area (Å²) in [5, 5.41) is 5.37. The minimum atomic E-state index is -0.252. The van der Waals surface area contributed by atoms with Crippen LogP contribution in [0.2, 0.25) is 0 Å². The predicted molar refractivity (Wildman–Crippen MR) is 84.3 cm³/mol. The molecular weight excluding hydrogens is 297 g/mol. The topological polar surface area (TPSA) is 53.0 Å². The van der Waals surface area contributed by atoms with Gasteiger partial charge in [0.25, 0.3) is 5.91 Å². The van der Waals surface area contributed by atoms with Gasteiger partial charge in [-0.1, -0.05) is 12.1 Å². The van der Waals surface area contributed by atoms with Crippen molar-refractivity contribution in [2.45, 2.75) is 38.1 Å². The molecule has 5 nitrogen and oxygen atoms in total. The van der Waals surface area contributed by atoms with Gasteiger partial charge in [0.2, 0.25) is 5.91 Å². The van der Waals surface area contributed by atoms with Crippen LogP contribution in [0.4, 0.5) is 4.39 Å². The Morgan fingerprint density at radius 3 is 2.74 bits per heavy atom. The number of rotatable bonds is 3. The van der Waals surface area contributed by atoms with Crippen LogP contribution < -0.4 is 0 Å². The molecule has 3 rings (SSSR count). The minimum absolute atomic E-state index is 0.0640. The van der Waals surface area contributed by atoms with Gasteiger partial charge in [-0.15, -0.1) is 0 Å². The van der Waals surface area contributed by atoms with Crippen molar-refractivity contribution in [1.29, 1.82) is 0 Å². The predicted octanol–water partition coefficient (Wildman–Crippen LogP) is 1.97. The van der Waals surface area contributed by atoms with Gasteiger partial charge in [-0.3, -0.25) is 9.59 Å². The van der Waals surface area contributed by atoms with E-state index in [1.807, 2.05) is 4.90 Å². The first-order valence-electron chi connectivity index (χ1n) is 7.94. The van der Waals surface area contributed by atoms with E-state index in [1.54, 1.807) is 19.2 Å². The van der Waals surface area contributed by atoms with Gasteiger partial charge in [0.15, 0.2) is 0 Å². The number of hydrogen-bond donors (Lipinski definition) is 0. The summed E-state index contributed by atoms with van der Waals surface area (Å²) in [7, 11) is 1.58. The molecule has 1 aromatic rings. The molecule has 23 heavy (non-hydrogen) atoms. The van der Waals surface area contributed by atoms with Crippen molar-refractivity contribution in [3.8, 4) is 0 Å². The smallest absolute Gasteiger partial charge is 0.270 e. The van der Waals surface area contributed by atoms with Crippen molar-refractivity contribution < 1.29 is 14.0 Å². The zero-order valence-electron chi connectivity index (χ0n) is 13.2. The van der Waals surface area contributed by atoms with E-state index in [2.05, 4.69) is 5.10 Å². The number of carbonyl (C=O) groups excluding carboxylic acids is 2. The van der Waals surface area contributed by atoms with Crippen molar-refractivity contribution >= 4 is 17.5 Å². The molecule has 6 heteroatoms. The zero-order valence-corrected chi connectivity index (χ0v) is 13.2.